The van der Waals surface area contributed by atoms with E-state index in [4.69, 9.17) is 21.7 Å². The molecule has 1 aromatic carbocycles. The largest absolute Gasteiger partial charge is 0.383 e. The number of nitrogens with one attached hydrogen (secondary N) is 2. The molecular weight excluding hydrogens is 248 g/mol. The van der Waals surface area contributed by atoms with Gasteiger partial charge in [0.2, 0.25) is 0 Å². The van der Waals surface area contributed by atoms with Crippen molar-refractivity contribution in [2.75, 3.05) is 26.1 Å². The highest BCUT2D eigenvalue weighted by atomic mass is 32.1. The highest BCUT2D eigenvalue weighted by molar-refractivity contribution is 7.80. The predicted molar refractivity (Wildman–Crippen MR) is 77.8 cm³/mol. The van der Waals surface area contributed by atoms with E-state index in [-0.39, 0.29) is 6.04 Å². The molecule has 0 heterocycles. The van der Waals surface area contributed by atoms with E-state index in [1.165, 1.54) is 0 Å². The molecule has 0 aliphatic carbocycles. The third-order valence-corrected chi connectivity index (χ3v) is 2.58. The number of ether oxygens (including phenoxy) is 2. The number of benzene rings is 1. The molecule has 0 bridgehead atoms. The van der Waals surface area contributed by atoms with Crippen molar-refractivity contribution in [2.24, 2.45) is 0 Å². The summed E-state index contributed by atoms with van der Waals surface area (Å²) in [5.74, 6) is 0. The molecule has 2 N–H and O–H groups in total. The molecule has 0 spiro atoms. The van der Waals surface area contributed by atoms with E-state index in [1.54, 1.807) is 14.2 Å². The zero-order valence-electron chi connectivity index (χ0n) is 11.0. The van der Waals surface area contributed by atoms with Gasteiger partial charge in [0, 0.05) is 31.5 Å². The molecule has 18 heavy (non-hydrogen) atoms. The van der Waals surface area contributed by atoms with Crippen molar-refractivity contribution in [3.8, 4) is 0 Å². The first-order chi connectivity index (χ1) is 8.67. The Morgan fingerprint density at radius 2 is 2.00 bits per heavy atom. The SMILES string of the molecule is COCc1ccccc1NC(=S)NC(C)COC. The monoisotopic (exact) mass is 268 g/mol. The molecule has 0 amide bonds. The zero-order chi connectivity index (χ0) is 13.4. The van der Waals surface area contributed by atoms with Gasteiger partial charge in [-0.1, -0.05) is 18.2 Å². The maximum Gasteiger partial charge on any atom is 0.171 e. The quantitative estimate of drug-likeness (QED) is 0.774. The van der Waals surface area contributed by atoms with E-state index in [1.807, 2.05) is 31.2 Å². The van der Waals surface area contributed by atoms with E-state index < -0.39 is 0 Å². The lowest BCUT2D eigenvalue weighted by Crippen LogP contribution is -2.38. The molecule has 1 unspecified atom stereocenters. The van der Waals surface area contributed by atoms with Gasteiger partial charge in [-0.25, -0.2) is 0 Å². The number of para-hydroxylation sites is 1. The Labute approximate surface area is 114 Å². The first-order valence-electron chi connectivity index (χ1n) is 5.80. The van der Waals surface area contributed by atoms with Crippen LogP contribution in [0.3, 0.4) is 0 Å². The molecule has 0 aliphatic heterocycles. The fourth-order valence-electron chi connectivity index (χ4n) is 1.60. The third kappa shape index (κ3) is 5.00. The summed E-state index contributed by atoms with van der Waals surface area (Å²) < 4.78 is 10.2. The van der Waals surface area contributed by atoms with Crippen LogP contribution in [0.2, 0.25) is 0 Å². The lowest BCUT2D eigenvalue weighted by molar-refractivity contribution is 0.179. The summed E-state index contributed by atoms with van der Waals surface area (Å²) in [6.45, 7) is 3.18. The highest BCUT2D eigenvalue weighted by Crippen LogP contribution is 2.15. The number of rotatable bonds is 6. The molecule has 0 radical (unpaired) electrons. The summed E-state index contributed by atoms with van der Waals surface area (Å²) in [5, 5.41) is 6.91. The molecule has 0 fully saturated rings. The van der Waals surface area contributed by atoms with Crippen molar-refractivity contribution >= 4 is 23.0 Å². The van der Waals surface area contributed by atoms with Crippen molar-refractivity contribution in [2.45, 2.75) is 19.6 Å². The van der Waals surface area contributed by atoms with Gasteiger partial charge in [0.25, 0.3) is 0 Å². The summed E-state index contributed by atoms with van der Waals surface area (Å²) in [5.41, 5.74) is 2.03. The van der Waals surface area contributed by atoms with Crippen molar-refractivity contribution in [1.82, 2.24) is 5.32 Å². The Bertz CT molecular complexity index is 385. The summed E-state index contributed by atoms with van der Waals surface area (Å²) in [7, 11) is 3.34. The summed E-state index contributed by atoms with van der Waals surface area (Å²) >= 11 is 5.25. The van der Waals surface area contributed by atoms with E-state index in [0.29, 0.717) is 18.3 Å². The first kappa shape index (κ1) is 14.9. The molecule has 1 aromatic rings. The van der Waals surface area contributed by atoms with Crippen LogP contribution in [0.15, 0.2) is 24.3 Å². The Balaban J connectivity index is 2.58. The van der Waals surface area contributed by atoms with Crippen LogP contribution in [0.1, 0.15) is 12.5 Å². The lowest BCUT2D eigenvalue weighted by atomic mass is 10.2. The van der Waals surface area contributed by atoms with Gasteiger partial charge >= 0.3 is 0 Å². The van der Waals surface area contributed by atoms with Gasteiger partial charge in [-0.2, -0.15) is 0 Å². The van der Waals surface area contributed by atoms with Gasteiger partial charge < -0.3 is 20.1 Å². The minimum Gasteiger partial charge on any atom is -0.383 e. The molecule has 100 valence electrons. The lowest BCUT2D eigenvalue weighted by Gasteiger charge is -2.17. The van der Waals surface area contributed by atoms with E-state index in [0.717, 1.165) is 11.3 Å². The molecule has 0 saturated heterocycles. The molecule has 5 heteroatoms. The first-order valence-corrected chi connectivity index (χ1v) is 6.21. The average molecular weight is 268 g/mol. The summed E-state index contributed by atoms with van der Waals surface area (Å²) in [4.78, 5) is 0. The van der Waals surface area contributed by atoms with Crippen LogP contribution in [0.5, 0.6) is 0 Å². The average Bonchev–Trinajstić information content (AvgIpc) is 2.32. The number of methoxy groups -OCH3 is 2. The van der Waals surface area contributed by atoms with Crippen molar-refractivity contribution in [3.05, 3.63) is 29.8 Å². The molecule has 1 rings (SSSR count). The number of thiocarbonyl (C=S) groups is 1. The van der Waals surface area contributed by atoms with Gasteiger partial charge in [0.15, 0.2) is 5.11 Å². The second-order valence-corrected chi connectivity index (χ2v) is 4.45. The normalized spacial score (nSPS) is 11.9. The minimum atomic E-state index is 0.171. The maximum absolute atomic E-state index is 5.25. The summed E-state index contributed by atoms with van der Waals surface area (Å²) in [6, 6.07) is 8.09. The topological polar surface area (TPSA) is 42.5 Å². The van der Waals surface area contributed by atoms with E-state index in [2.05, 4.69) is 10.6 Å². The smallest absolute Gasteiger partial charge is 0.171 e. The van der Waals surface area contributed by atoms with Crippen LogP contribution in [0, 0.1) is 0 Å². The second-order valence-electron chi connectivity index (χ2n) is 4.05. The van der Waals surface area contributed by atoms with Crippen molar-refractivity contribution in [3.63, 3.8) is 0 Å². The van der Waals surface area contributed by atoms with Gasteiger partial charge in [-0.15, -0.1) is 0 Å². The molecule has 0 aliphatic rings. The Kier molecular flexibility index (Phi) is 6.64. The zero-order valence-corrected chi connectivity index (χ0v) is 11.8. The van der Waals surface area contributed by atoms with Gasteiger partial charge in [0.1, 0.15) is 0 Å². The molecule has 1 atom stereocenters. The van der Waals surface area contributed by atoms with Crippen molar-refractivity contribution < 1.29 is 9.47 Å². The number of anilines is 1. The summed E-state index contributed by atoms with van der Waals surface area (Å²) in [6.07, 6.45) is 0. The Hall–Kier alpha value is -1.17. The van der Waals surface area contributed by atoms with Crippen LogP contribution in [-0.2, 0) is 16.1 Å². The molecule has 0 saturated carbocycles. The highest BCUT2D eigenvalue weighted by Gasteiger charge is 2.06. The molecule has 4 nitrogen and oxygen atoms in total. The third-order valence-electron chi connectivity index (χ3n) is 2.36. The van der Waals surface area contributed by atoms with E-state index >= 15 is 0 Å². The van der Waals surface area contributed by atoms with Crippen molar-refractivity contribution in [1.29, 1.82) is 0 Å². The van der Waals surface area contributed by atoms with Gasteiger partial charge in [0.05, 0.1) is 13.2 Å². The molecular formula is C13H20N2O2S. The fraction of sp³-hybridized carbons (Fsp3) is 0.462. The second kappa shape index (κ2) is 8.02. The van der Waals surface area contributed by atoms with Gasteiger partial charge in [-0.05, 0) is 25.2 Å². The number of hydrogen-bond donors (Lipinski definition) is 2. The maximum atomic E-state index is 5.25. The molecule has 0 aromatic heterocycles. The number of hydrogen-bond acceptors (Lipinski definition) is 3. The van der Waals surface area contributed by atoms with Crippen LogP contribution in [0.4, 0.5) is 5.69 Å². The van der Waals surface area contributed by atoms with Crippen LogP contribution in [-0.4, -0.2) is 32.0 Å². The standard InChI is InChI=1S/C13H20N2O2S/c1-10(8-16-2)14-13(18)15-12-7-5-4-6-11(12)9-17-3/h4-7,10H,8-9H2,1-3H3,(H2,14,15,18). The minimum absolute atomic E-state index is 0.171. The van der Waals surface area contributed by atoms with E-state index in [9.17, 15) is 0 Å². The van der Waals surface area contributed by atoms with Crippen LogP contribution in [0.25, 0.3) is 0 Å². The van der Waals surface area contributed by atoms with Crippen LogP contribution < -0.4 is 10.6 Å². The van der Waals surface area contributed by atoms with Crippen LogP contribution >= 0.6 is 12.2 Å². The Morgan fingerprint density at radius 1 is 1.28 bits per heavy atom. The predicted octanol–water partition coefficient (Wildman–Crippen LogP) is 2.15. The Morgan fingerprint density at radius 3 is 2.67 bits per heavy atom. The fourth-order valence-corrected chi connectivity index (χ4v) is 1.91. The van der Waals surface area contributed by atoms with Gasteiger partial charge in [-0.3, -0.25) is 0 Å².